The van der Waals surface area contributed by atoms with Crippen molar-refractivity contribution in [2.24, 2.45) is 35.5 Å². The molecule has 0 radical (unpaired) electrons. The number of aliphatic hydroxyl groups is 1. The molecule has 11 nitrogen and oxygen atoms in total. The van der Waals surface area contributed by atoms with E-state index in [1.165, 1.54) is 0 Å². The Morgan fingerprint density at radius 1 is 0.882 bits per heavy atom. The maximum atomic E-state index is 12.5. The van der Waals surface area contributed by atoms with Gasteiger partial charge in [0.1, 0.15) is 17.3 Å². The normalized spacial score (nSPS) is 20.8. The highest BCUT2D eigenvalue weighted by atomic mass is 16.6. The lowest BCUT2D eigenvalue weighted by Crippen LogP contribution is -2.34. The van der Waals surface area contributed by atoms with Crippen molar-refractivity contribution >= 4 is 23.9 Å². The first-order chi connectivity index (χ1) is 23.5. The molecule has 0 aromatic heterocycles. The first-order valence-corrected chi connectivity index (χ1v) is 19.2. The van der Waals surface area contributed by atoms with Crippen LogP contribution in [0, 0.1) is 35.5 Å². The molecule has 0 aromatic rings. The second-order valence-electron chi connectivity index (χ2n) is 17.1. The summed E-state index contributed by atoms with van der Waals surface area (Å²) in [5.74, 6) is -2.01. The van der Waals surface area contributed by atoms with E-state index in [0.717, 1.165) is 51.4 Å². The number of carbonyl (C=O) groups is 4. The van der Waals surface area contributed by atoms with Crippen molar-refractivity contribution < 1.29 is 53.1 Å². The Bertz CT molecular complexity index is 993. The van der Waals surface area contributed by atoms with Gasteiger partial charge in [0.05, 0.1) is 44.0 Å². The van der Waals surface area contributed by atoms with Gasteiger partial charge in [0, 0.05) is 13.2 Å². The largest absolute Gasteiger partial charge is 0.481 e. The fourth-order valence-corrected chi connectivity index (χ4v) is 5.65. The summed E-state index contributed by atoms with van der Waals surface area (Å²) in [7, 11) is 0. The maximum absolute atomic E-state index is 12.5. The molecule has 300 valence electrons. The van der Waals surface area contributed by atoms with Crippen LogP contribution in [0.3, 0.4) is 0 Å². The van der Waals surface area contributed by atoms with Gasteiger partial charge in [-0.3, -0.25) is 19.2 Å². The van der Waals surface area contributed by atoms with Crippen LogP contribution in [0.4, 0.5) is 0 Å². The molecule has 11 heteroatoms. The highest BCUT2D eigenvalue weighted by Gasteiger charge is 2.31. The molecular weight excluding hydrogens is 656 g/mol. The zero-order valence-electron chi connectivity index (χ0n) is 34.1. The highest BCUT2D eigenvalue weighted by Crippen LogP contribution is 2.26. The first kappa shape index (κ1) is 48.8. The standard InChI is InChI=1S/C20H38O6.C20H36O5/c1-14(2)9-10-16(15(3)21)8-7-11-25-13-17(19(23)24)12-18(22)26-20(4,5)6;1-14(2)9-10-16-8-7-11-23-13-17(19(22)24-15(16)3)12-18(21)25-20(4,5)6/h14-17,21H,7-13H2,1-6H3,(H,23,24);14-17H,7-13H2,1-6H3/t15-,16-,17-;15?,16-,17-/m00/s1. The number of carboxylic acid groups (broad SMARTS) is 1. The molecule has 0 saturated carbocycles. The minimum absolute atomic E-state index is 0.000512. The van der Waals surface area contributed by atoms with Crippen LogP contribution in [0.1, 0.15) is 147 Å². The van der Waals surface area contributed by atoms with Crippen LogP contribution in [-0.2, 0) is 42.9 Å². The lowest BCUT2D eigenvalue weighted by molar-refractivity contribution is -0.167. The van der Waals surface area contributed by atoms with Gasteiger partial charge in [0.15, 0.2) is 0 Å². The van der Waals surface area contributed by atoms with Crippen LogP contribution in [0.5, 0.6) is 0 Å². The van der Waals surface area contributed by atoms with Gasteiger partial charge in [-0.2, -0.15) is 0 Å². The van der Waals surface area contributed by atoms with Crippen LogP contribution in [0.2, 0.25) is 0 Å². The maximum Gasteiger partial charge on any atom is 0.312 e. The molecule has 1 unspecified atom stereocenters. The Morgan fingerprint density at radius 3 is 2.00 bits per heavy atom. The second kappa shape index (κ2) is 24.9. The van der Waals surface area contributed by atoms with Gasteiger partial charge in [-0.05, 0) is 118 Å². The average molecular weight is 731 g/mol. The number of cyclic esters (lactones) is 1. The van der Waals surface area contributed by atoms with Gasteiger partial charge in [-0.25, -0.2) is 0 Å². The second-order valence-corrected chi connectivity index (χ2v) is 17.1. The third-order valence-corrected chi connectivity index (χ3v) is 8.59. The summed E-state index contributed by atoms with van der Waals surface area (Å²) in [4.78, 5) is 47.7. The number of carbonyl (C=O) groups excluding carboxylic acids is 3. The molecule has 1 heterocycles. The van der Waals surface area contributed by atoms with E-state index in [1.54, 1.807) is 20.8 Å². The zero-order valence-corrected chi connectivity index (χ0v) is 34.1. The van der Waals surface area contributed by atoms with Crippen LogP contribution in [0.15, 0.2) is 0 Å². The van der Waals surface area contributed by atoms with Crippen LogP contribution in [-0.4, -0.2) is 83.9 Å². The van der Waals surface area contributed by atoms with E-state index >= 15 is 0 Å². The van der Waals surface area contributed by atoms with Crippen molar-refractivity contribution in [3.63, 3.8) is 0 Å². The molecule has 6 atom stereocenters. The minimum atomic E-state index is -1.06. The van der Waals surface area contributed by atoms with E-state index in [2.05, 4.69) is 27.7 Å². The van der Waals surface area contributed by atoms with Gasteiger partial charge in [-0.1, -0.05) is 40.5 Å². The van der Waals surface area contributed by atoms with Crippen molar-refractivity contribution in [2.75, 3.05) is 26.4 Å². The molecule has 1 fully saturated rings. The summed E-state index contributed by atoms with van der Waals surface area (Å²) in [5, 5.41) is 19.1. The molecule has 1 rings (SSSR count). The lowest BCUT2D eigenvalue weighted by Gasteiger charge is -2.28. The van der Waals surface area contributed by atoms with Gasteiger partial charge in [0.25, 0.3) is 0 Å². The minimum Gasteiger partial charge on any atom is -0.481 e. The topological polar surface area (TPSA) is 155 Å². The SMILES string of the molecule is CC(C)CC[C@@H]1CCCOC[C@H](CC(=O)OC(C)(C)C)C(=O)OC1C.CC(C)CC[C@H](CCCOC[C@H](CC(=O)OC(C)(C)C)C(=O)O)[C@H](C)O. The van der Waals surface area contributed by atoms with E-state index in [0.29, 0.717) is 31.0 Å². The van der Waals surface area contributed by atoms with Crippen molar-refractivity contribution in [1.29, 1.82) is 0 Å². The molecule has 0 amide bonds. The number of aliphatic carboxylic acids is 1. The van der Waals surface area contributed by atoms with Gasteiger partial charge >= 0.3 is 23.9 Å². The molecule has 1 aliphatic rings. The monoisotopic (exact) mass is 731 g/mol. The van der Waals surface area contributed by atoms with E-state index in [-0.39, 0.29) is 56.1 Å². The Hall–Kier alpha value is -2.24. The summed E-state index contributed by atoms with van der Waals surface area (Å²) in [6, 6.07) is 0. The number of rotatable bonds is 18. The number of aliphatic hydroxyl groups excluding tert-OH is 1. The molecular formula is C40H74O11. The quantitative estimate of drug-likeness (QED) is 0.0807. The Labute approximate surface area is 309 Å². The van der Waals surface area contributed by atoms with Crippen LogP contribution >= 0.6 is 0 Å². The van der Waals surface area contributed by atoms with Gasteiger partial charge < -0.3 is 33.9 Å². The number of carboxylic acids is 1. The van der Waals surface area contributed by atoms with Gasteiger partial charge in [0.2, 0.25) is 0 Å². The van der Waals surface area contributed by atoms with Crippen molar-refractivity contribution in [3.8, 4) is 0 Å². The van der Waals surface area contributed by atoms with E-state index < -0.39 is 35.0 Å². The molecule has 1 saturated heterocycles. The zero-order chi connectivity index (χ0) is 39.4. The highest BCUT2D eigenvalue weighted by molar-refractivity contribution is 5.80. The van der Waals surface area contributed by atoms with Crippen molar-refractivity contribution in [2.45, 2.75) is 171 Å². The number of hydrogen-bond donors (Lipinski definition) is 2. The summed E-state index contributed by atoms with van der Waals surface area (Å²) in [5.41, 5.74) is -1.19. The predicted octanol–water partition coefficient (Wildman–Crippen LogP) is 7.78. The Kier molecular flexibility index (Phi) is 23.8. The Balaban J connectivity index is 0.000000981. The predicted molar refractivity (Wildman–Crippen MR) is 198 cm³/mol. The number of ether oxygens (including phenoxy) is 5. The average Bonchev–Trinajstić information content (AvgIpc) is 2.96. The lowest BCUT2D eigenvalue weighted by atomic mass is 9.89. The van der Waals surface area contributed by atoms with Crippen LogP contribution in [0.25, 0.3) is 0 Å². The third-order valence-electron chi connectivity index (χ3n) is 8.59. The van der Waals surface area contributed by atoms with Crippen molar-refractivity contribution in [3.05, 3.63) is 0 Å². The molecule has 2 N–H and O–H groups in total. The summed E-state index contributed by atoms with van der Waals surface area (Å²) >= 11 is 0. The number of esters is 3. The van der Waals surface area contributed by atoms with E-state index in [9.17, 15) is 29.4 Å². The summed E-state index contributed by atoms with van der Waals surface area (Å²) in [6.45, 7) is 24.4. The smallest absolute Gasteiger partial charge is 0.312 e. The molecule has 0 bridgehead atoms. The first-order valence-electron chi connectivity index (χ1n) is 19.2. The summed E-state index contributed by atoms with van der Waals surface area (Å²) < 4.78 is 27.3. The molecule has 0 spiro atoms. The van der Waals surface area contributed by atoms with Gasteiger partial charge in [-0.15, -0.1) is 0 Å². The Morgan fingerprint density at radius 2 is 1.47 bits per heavy atom. The van der Waals surface area contributed by atoms with Crippen LogP contribution < -0.4 is 0 Å². The fourth-order valence-electron chi connectivity index (χ4n) is 5.65. The van der Waals surface area contributed by atoms with Crippen molar-refractivity contribution in [1.82, 2.24) is 0 Å². The summed E-state index contributed by atoms with van der Waals surface area (Å²) in [6.07, 6.45) is 7.08. The molecule has 51 heavy (non-hydrogen) atoms. The molecule has 0 aromatic carbocycles. The molecule has 1 aliphatic heterocycles. The fraction of sp³-hybridized carbons (Fsp3) is 0.900. The number of hydrogen-bond acceptors (Lipinski definition) is 10. The van der Waals surface area contributed by atoms with E-state index in [4.69, 9.17) is 23.7 Å². The third kappa shape index (κ3) is 26.2. The molecule has 0 aliphatic carbocycles. The van der Waals surface area contributed by atoms with E-state index in [1.807, 2.05) is 34.6 Å².